The maximum Gasteiger partial charge on any atom is 0.203 e. The van der Waals surface area contributed by atoms with E-state index in [0.717, 1.165) is 0 Å². The van der Waals surface area contributed by atoms with E-state index >= 15 is 0 Å². The predicted octanol–water partition coefficient (Wildman–Crippen LogP) is 1.36. The van der Waals surface area contributed by atoms with Crippen LogP contribution in [0.25, 0.3) is 0 Å². The Hall–Kier alpha value is -2.11. The lowest BCUT2D eigenvalue weighted by Crippen LogP contribution is -2.43. The highest BCUT2D eigenvalue weighted by Gasteiger charge is 2.28. The quantitative estimate of drug-likeness (QED) is 0.367. The molecule has 0 bridgehead atoms. The van der Waals surface area contributed by atoms with Gasteiger partial charge in [0.25, 0.3) is 0 Å². The molecule has 1 aliphatic rings. The summed E-state index contributed by atoms with van der Waals surface area (Å²) < 4.78 is 16.7. The topological polar surface area (TPSA) is 86.3 Å². The molecule has 0 atom stereocenters. The number of hydrogen-bond acceptors (Lipinski definition) is 5. The zero-order chi connectivity index (χ0) is 13.2. The molecule has 6 heteroatoms. The Morgan fingerprint density at radius 3 is 2.83 bits per heavy atom. The monoisotopic (exact) mass is 252 g/mol. The maximum atomic E-state index is 8.71. The second kappa shape index (κ2) is 4.64. The third-order valence-electron chi connectivity index (χ3n) is 2.62. The molecular formula is C12H16N2O4. The Balaban J connectivity index is 2.30. The molecule has 1 heterocycles. The molecule has 0 radical (unpaired) electrons. The fourth-order valence-electron chi connectivity index (χ4n) is 1.57. The van der Waals surface area contributed by atoms with E-state index < -0.39 is 5.60 Å². The molecule has 0 amide bonds. The van der Waals surface area contributed by atoms with Crippen molar-refractivity contribution in [3.63, 3.8) is 0 Å². The highest BCUT2D eigenvalue weighted by molar-refractivity contribution is 5.88. The summed E-state index contributed by atoms with van der Waals surface area (Å²) in [7, 11) is 0. The molecule has 1 aliphatic heterocycles. The van der Waals surface area contributed by atoms with Crippen molar-refractivity contribution in [2.24, 2.45) is 10.9 Å². The SMILES string of the molecule is CC(C)(Oc1cccc2c1OCCO2)/C(N)=N/O. The van der Waals surface area contributed by atoms with Crippen LogP contribution in [-0.2, 0) is 0 Å². The van der Waals surface area contributed by atoms with Crippen LogP contribution in [-0.4, -0.2) is 29.9 Å². The van der Waals surface area contributed by atoms with Crippen LogP contribution >= 0.6 is 0 Å². The summed E-state index contributed by atoms with van der Waals surface area (Å²) in [5, 5.41) is 11.7. The van der Waals surface area contributed by atoms with Crippen molar-refractivity contribution in [2.45, 2.75) is 19.4 Å². The zero-order valence-electron chi connectivity index (χ0n) is 10.3. The highest BCUT2D eigenvalue weighted by Crippen LogP contribution is 2.40. The molecule has 3 N–H and O–H groups in total. The van der Waals surface area contributed by atoms with Crippen molar-refractivity contribution >= 4 is 5.84 Å². The number of nitrogens with two attached hydrogens (primary N) is 1. The summed E-state index contributed by atoms with van der Waals surface area (Å²) in [6.45, 7) is 4.38. The van der Waals surface area contributed by atoms with E-state index in [9.17, 15) is 0 Å². The van der Waals surface area contributed by atoms with Crippen LogP contribution in [0.15, 0.2) is 23.4 Å². The van der Waals surface area contributed by atoms with Gasteiger partial charge >= 0.3 is 0 Å². The second-order valence-corrected chi connectivity index (χ2v) is 4.38. The normalized spacial score (nSPS) is 15.3. The molecule has 0 saturated heterocycles. The van der Waals surface area contributed by atoms with Gasteiger partial charge in [0.15, 0.2) is 22.9 Å². The van der Waals surface area contributed by atoms with E-state index in [1.54, 1.807) is 32.0 Å². The van der Waals surface area contributed by atoms with Crippen LogP contribution in [0.5, 0.6) is 17.2 Å². The standard InChI is InChI=1S/C12H16N2O4/c1-12(2,11(13)14-15)18-9-5-3-4-8-10(9)17-7-6-16-8/h3-5,15H,6-7H2,1-2H3,(H2,13,14). The number of para-hydroxylation sites is 1. The lowest BCUT2D eigenvalue weighted by atomic mass is 10.1. The van der Waals surface area contributed by atoms with Gasteiger partial charge in [0.05, 0.1) is 0 Å². The van der Waals surface area contributed by atoms with Gasteiger partial charge in [-0.3, -0.25) is 0 Å². The minimum atomic E-state index is -0.940. The molecular weight excluding hydrogens is 236 g/mol. The molecule has 0 spiro atoms. The van der Waals surface area contributed by atoms with Crippen molar-refractivity contribution < 1.29 is 19.4 Å². The number of rotatable bonds is 3. The fraction of sp³-hybridized carbons (Fsp3) is 0.417. The molecule has 0 aromatic heterocycles. The second-order valence-electron chi connectivity index (χ2n) is 4.38. The number of fused-ring (bicyclic) bond motifs is 1. The first-order chi connectivity index (χ1) is 8.54. The Morgan fingerprint density at radius 2 is 2.11 bits per heavy atom. The number of ether oxygens (including phenoxy) is 3. The minimum Gasteiger partial charge on any atom is -0.486 e. The van der Waals surface area contributed by atoms with E-state index in [4.69, 9.17) is 25.2 Å². The number of benzene rings is 1. The Labute approximate surface area is 105 Å². The highest BCUT2D eigenvalue weighted by atomic mass is 16.6. The third kappa shape index (κ3) is 2.27. The van der Waals surface area contributed by atoms with Crippen molar-refractivity contribution in [1.82, 2.24) is 0 Å². The Kier molecular flexibility index (Phi) is 3.18. The lowest BCUT2D eigenvalue weighted by Gasteiger charge is -2.28. The number of nitrogens with zero attached hydrogens (tertiary/aromatic N) is 1. The molecule has 98 valence electrons. The first-order valence-corrected chi connectivity index (χ1v) is 5.60. The first kappa shape index (κ1) is 12.3. The van der Waals surface area contributed by atoms with Crippen molar-refractivity contribution in [2.75, 3.05) is 13.2 Å². The van der Waals surface area contributed by atoms with Crippen molar-refractivity contribution in [3.05, 3.63) is 18.2 Å². The van der Waals surface area contributed by atoms with Gasteiger partial charge in [0, 0.05) is 0 Å². The summed E-state index contributed by atoms with van der Waals surface area (Å²) in [6.07, 6.45) is 0. The van der Waals surface area contributed by atoms with Gasteiger partial charge in [-0.15, -0.1) is 0 Å². The van der Waals surface area contributed by atoms with Crippen LogP contribution in [0.3, 0.4) is 0 Å². The molecule has 6 nitrogen and oxygen atoms in total. The van der Waals surface area contributed by atoms with Crippen LogP contribution in [0.2, 0.25) is 0 Å². The average Bonchev–Trinajstić information content (AvgIpc) is 2.38. The van der Waals surface area contributed by atoms with Gasteiger partial charge in [-0.25, -0.2) is 0 Å². The van der Waals surface area contributed by atoms with Gasteiger partial charge in [0.2, 0.25) is 5.75 Å². The largest absolute Gasteiger partial charge is 0.486 e. The molecule has 2 rings (SSSR count). The van der Waals surface area contributed by atoms with Crippen LogP contribution < -0.4 is 19.9 Å². The summed E-state index contributed by atoms with van der Waals surface area (Å²) in [6, 6.07) is 5.35. The molecule has 0 saturated carbocycles. The summed E-state index contributed by atoms with van der Waals surface area (Å²) in [5.41, 5.74) is 4.64. The van der Waals surface area contributed by atoms with Gasteiger partial charge in [-0.2, -0.15) is 0 Å². The number of hydrogen-bond donors (Lipinski definition) is 2. The molecule has 0 unspecified atom stereocenters. The van der Waals surface area contributed by atoms with Gasteiger partial charge in [-0.05, 0) is 26.0 Å². The fourth-order valence-corrected chi connectivity index (χ4v) is 1.57. The zero-order valence-corrected chi connectivity index (χ0v) is 10.3. The lowest BCUT2D eigenvalue weighted by molar-refractivity contribution is 0.137. The summed E-state index contributed by atoms with van der Waals surface area (Å²) >= 11 is 0. The molecule has 18 heavy (non-hydrogen) atoms. The van der Waals surface area contributed by atoms with Gasteiger partial charge in [0.1, 0.15) is 13.2 Å². The van der Waals surface area contributed by atoms with Crippen molar-refractivity contribution in [3.8, 4) is 17.2 Å². The van der Waals surface area contributed by atoms with Crippen LogP contribution in [0.4, 0.5) is 0 Å². The minimum absolute atomic E-state index is 0.0168. The molecule has 1 aromatic rings. The Bertz CT molecular complexity index is 471. The smallest absolute Gasteiger partial charge is 0.203 e. The predicted molar refractivity (Wildman–Crippen MR) is 65.5 cm³/mol. The molecule has 1 aromatic carbocycles. The van der Waals surface area contributed by atoms with E-state index in [0.29, 0.717) is 30.5 Å². The average molecular weight is 252 g/mol. The molecule has 0 fully saturated rings. The van der Waals surface area contributed by atoms with E-state index in [1.807, 2.05) is 0 Å². The maximum absolute atomic E-state index is 8.71. The number of amidine groups is 1. The number of oxime groups is 1. The van der Waals surface area contributed by atoms with E-state index in [1.165, 1.54) is 0 Å². The summed E-state index contributed by atoms with van der Waals surface area (Å²) in [4.78, 5) is 0. The van der Waals surface area contributed by atoms with E-state index in [-0.39, 0.29) is 5.84 Å². The van der Waals surface area contributed by atoms with Gasteiger partial charge < -0.3 is 25.2 Å². The molecule has 0 aliphatic carbocycles. The third-order valence-corrected chi connectivity index (χ3v) is 2.62. The van der Waals surface area contributed by atoms with Crippen LogP contribution in [0.1, 0.15) is 13.8 Å². The first-order valence-electron chi connectivity index (χ1n) is 5.60. The van der Waals surface area contributed by atoms with Crippen molar-refractivity contribution in [1.29, 1.82) is 0 Å². The Morgan fingerprint density at radius 1 is 1.39 bits per heavy atom. The van der Waals surface area contributed by atoms with Crippen LogP contribution in [0, 0.1) is 0 Å². The van der Waals surface area contributed by atoms with Gasteiger partial charge in [-0.1, -0.05) is 11.2 Å². The van der Waals surface area contributed by atoms with E-state index in [2.05, 4.69) is 5.16 Å². The summed E-state index contributed by atoms with van der Waals surface area (Å²) in [5.74, 6) is 1.66.